The summed E-state index contributed by atoms with van der Waals surface area (Å²) in [6.45, 7) is 0.688. The fraction of sp³-hybridized carbons (Fsp3) is 0.241. The van der Waals surface area contributed by atoms with E-state index in [0.29, 0.717) is 16.3 Å². The Hall–Kier alpha value is -3.97. The van der Waals surface area contributed by atoms with E-state index in [9.17, 15) is 19.2 Å². The van der Waals surface area contributed by atoms with E-state index in [1.54, 1.807) is 25.1 Å². The van der Waals surface area contributed by atoms with Crippen LogP contribution in [0.2, 0.25) is 5.02 Å². The minimum absolute atomic E-state index is 0.244. The van der Waals surface area contributed by atoms with Crippen LogP contribution in [0.5, 0.6) is 0 Å². The van der Waals surface area contributed by atoms with Gasteiger partial charge in [-0.25, -0.2) is 0 Å². The number of amides is 3. The van der Waals surface area contributed by atoms with E-state index in [-0.39, 0.29) is 23.7 Å². The number of hydrogen-bond donors (Lipinski definition) is 1. The standard InChI is InChI=1S/C29H23ClN2O5/c1-15-20(30)11-6-12-21(15)31-22(33)14-37-23(34)13-32-28(35)26-24-16-7-2-3-8-17(16)25(27(26)29(32)36)19-10-5-4-9-18(19)24/h2-12,24-27H,13-14H2,1H3,(H,31,33)/t24?,25?,26-,27+. The number of benzene rings is 3. The molecule has 3 amide bonds. The van der Waals surface area contributed by atoms with E-state index >= 15 is 0 Å². The van der Waals surface area contributed by atoms with Gasteiger partial charge in [0.1, 0.15) is 6.54 Å². The minimum atomic E-state index is -0.819. The Labute approximate surface area is 218 Å². The highest BCUT2D eigenvalue weighted by atomic mass is 35.5. The molecule has 7 rings (SSSR count). The van der Waals surface area contributed by atoms with E-state index in [2.05, 4.69) is 5.32 Å². The molecule has 2 atom stereocenters. The van der Waals surface area contributed by atoms with Crippen molar-refractivity contribution >= 4 is 41.0 Å². The zero-order valence-corrected chi connectivity index (χ0v) is 20.7. The molecule has 3 aliphatic carbocycles. The van der Waals surface area contributed by atoms with Gasteiger partial charge >= 0.3 is 5.97 Å². The highest BCUT2D eigenvalue weighted by Crippen LogP contribution is 2.60. The molecule has 1 fully saturated rings. The van der Waals surface area contributed by atoms with Gasteiger partial charge in [-0.2, -0.15) is 0 Å². The maximum absolute atomic E-state index is 13.5. The van der Waals surface area contributed by atoms with Crippen LogP contribution in [-0.4, -0.2) is 41.7 Å². The van der Waals surface area contributed by atoms with Crippen LogP contribution in [0.25, 0.3) is 0 Å². The molecule has 0 unspecified atom stereocenters. The number of carbonyl (C=O) groups is 4. The normalized spacial score (nSPS) is 22.8. The molecule has 4 aliphatic rings. The number of hydrogen-bond acceptors (Lipinski definition) is 5. The molecule has 0 aromatic heterocycles. The maximum Gasteiger partial charge on any atom is 0.326 e. The molecule has 0 saturated carbocycles. The van der Waals surface area contributed by atoms with Crippen LogP contribution in [0.3, 0.4) is 0 Å². The summed E-state index contributed by atoms with van der Waals surface area (Å²) in [6.07, 6.45) is 0. The third-order valence-electron chi connectivity index (χ3n) is 7.73. The topological polar surface area (TPSA) is 92.8 Å². The summed E-state index contributed by atoms with van der Waals surface area (Å²) in [6, 6.07) is 21.0. The van der Waals surface area contributed by atoms with Gasteiger partial charge in [-0.3, -0.25) is 24.1 Å². The van der Waals surface area contributed by atoms with Crippen molar-refractivity contribution in [1.29, 1.82) is 0 Å². The number of rotatable bonds is 5. The smallest absolute Gasteiger partial charge is 0.326 e. The predicted octanol–water partition coefficient (Wildman–Crippen LogP) is 4.02. The Bertz CT molecular complexity index is 1370. The number of esters is 1. The summed E-state index contributed by atoms with van der Waals surface area (Å²) < 4.78 is 5.12. The summed E-state index contributed by atoms with van der Waals surface area (Å²) in [5.41, 5.74) is 5.45. The van der Waals surface area contributed by atoms with Crippen LogP contribution >= 0.6 is 11.6 Å². The van der Waals surface area contributed by atoms with Crippen molar-refractivity contribution in [3.63, 3.8) is 0 Å². The van der Waals surface area contributed by atoms with Gasteiger partial charge in [-0.1, -0.05) is 66.2 Å². The second kappa shape index (κ2) is 8.85. The Morgan fingerprint density at radius 1 is 0.838 bits per heavy atom. The van der Waals surface area contributed by atoms with Crippen molar-refractivity contribution in [1.82, 2.24) is 4.90 Å². The number of halogens is 1. The van der Waals surface area contributed by atoms with Crippen LogP contribution in [0, 0.1) is 18.8 Å². The zero-order valence-electron chi connectivity index (χ0n) is 19.9. The van der Waals surface area contributed by atoms with Gasteiger partial charge in [0.05, 0.1) is 11.8 Å². The Balaban J connectivity index is 1.18. The molecule has 1 aliphatic heterocycles. The van der Waals surface area contributed by atoms with Crippen LogP contribution in [0.4, 0.5) is 5.69 Å². The van der Waals surface area contributed by atoms with E-state index < -0.39 is 36.9 Å². The SMILES string of the molecule is Cc1c(Cl)cccc1NC(=O)COC(=O)CN1C(=O)[C@@H]2C3c4ccccc4C(c4ccccc43)[C@@H]2C1=O. The zero-order chi connectivity index (χ0) is 25.8. The van der Waals surface area contributed by atoms with Crippen LogP contribution < -0.4 is 5.32 Å². The van der Waals surface area contributed by atoms with Gasteiger partial charge in [-0.15, -0.1) is 0 Å². The number of ether oxygens (including phenoxy) is 1. The van der Waals surface area contributed by atoms with Gasteiger partial charge in [0.15, 0.2) is 6.61 Å². The van der Waals surface area contributed by atoms with Crippen molar-refractivity contribution in [3.8, 4) is 0 Å². The average molecular weight is 515 g/mol. The van der Waals surface area contributed by atoms with Gasteiger partial charge in [-0.05, 0) is 46.9 Å². The van der Waals surface area contributed by atoms with Crippen molar-refractivity contribution in [3.05, 3.63) is 99.6 Å². The number of nitrogens with zero attached hydrogens (tertiary/aromatic N) is 1. The lowest BCUT2D eigenvalue weighted by molar-refractivity contribution is -0.154. The van der Waals surface area contributed by atoms with E-state index in [1.807, 2.05) is 48.5 Å². The molecule has 7 nitrogen and oxygen atoms in total. The fourth-order valence-electron chi connectivity index (χ4n) is 6.14. The van der Waals surface area contributed by atoms with E-state index in [0.717, 1.165) is 27.2 Å². The lowest BCUT2D eigenvalue weighted by atomic mass is 9.55. The summed E-state index contributed by atoms with van der Waals surface area (Å²) in [4.78, 5) is 53.0. The lowest BCUT2D eigenvalue weighted by Gasteiger charge is -2.45. The summed E-state index contributed by atoms with van der Waals surface area (Å²) in [7, 11) is 0. The molecular formula is C29H23ClN2O5. The minimum Gasteiger partial charge on any atom is -0.454 e. The highest BCUT2D eigenvalue weighted by molar-refractivity contribution is 6.31. The molecule has 8 heteroatoms. The summed E-state index contributed by atoms with van der Waals surface area (Å²) in [5, 5.41) is 3.15. The summed E-state index contributed by atoms with van der Waals surface area (Å²) >= 11 is 6.08. The fourth-order valence-corrected chi connectivity index (χ4v) is 6.32. The quantitative estimate of drug-likeness (QED) is 0.410. The molecule has 3 aromatic rings. The van der Waals surface area contributed by atoms with Gasteiger partial charge in [0, 0.05) is 22.5 Å². The second-order valence-electron chi connectivity index (χ2n) is 9.65. The number of carbonyl (C=O) groups excluding carboxylic acids is 4. The predicted molar refractivity (Wildman–Crippen MR) is 136 cm³/mol. The van der Waals surface area contributed by atoms with Gasteiger partial charge < -0.3 is 10.1 Å². The number of anilines is 1. The first kappa shape index (κ1) is 23.4. The van der Waals surface area contributed by atoms with E-state index in [1.165, 1.54) is 0 Å². The molecule has 1 saturated heterocycles. The number of likely N-dealkylation sites (tertiary alicyclic amines) is 1. The third kappa shape index (κ3) is 3.64. The first-order valence-corrected chi connectivity index (χ1v) is 12.5. The molecule has 0 radical (unpaired) electrons. The molecule has 2 bridgehead atoms. The number of imide groups is 1. The monoisotopic (exact) mass is 514 g/mol. The second-order valence-corrected chi connectivity index (χ2v) is 10.1. The first-order valence-electron chi connectivity index (χ1n) is 12.1. The molecule has 0 spiro atoms. The molecule has 37 heavy (non-hydrogen) atoms. The van der Waals surface area contributed by atoms with Crippen molar-refractivity contribution in [2.45, 2.75) is 18.8 Å². The Morgan fingerprint density at radius 2 is 1.35 bits per heavy atom. The molecule has 186 valence electrons. The van der Waals surface area contributed by atoms with E-state index in [4.69, 9.17) is 16.3 Å². The van der Waals surface area contributed by atoms with Crippen LogP contribution in [-0.2, 0) is 23.9 Å². The summed E-state index contributed by atoms with van der Waals surface area (Å²) in [5.74, 6) is -3.72. The van der Waals surface area contributed by atoms with Crippen molar-refractivity contribution in [2.75, 3.05) is 18.5 Å². The lowest BCUT2D eigenvalue weighted by Crippen LogP contribution is -2.41. The Morgan fingerprint density at radius 3 is 1.86 bits per heavy atom. The van der Waals surface area contributed by atoms with Crippen molar-refractivity contribution in [2.24, 2.45) is 11.8 Å². The largest absolute Gasteiger partial charge is 0.454 e. The third-order valence-corrected chi connectivity index (χ3v) is 8.14. The van der Waals surface area contributed by atoms with Crippen LogP contribution in [0.1, 0.15) is 39.7 Å². The molecular weight excluding hydrogens is 492 g/mol. The van der Waals surface area contributed by atoms with Gasteiger partial charge in [0.25, 0.3) is 5.91 Å². The molecule has 1 N–H and O–H groups in total. The first-order chi connectivity index (χ1) is 17.9. The molecule has 3 aromatic carbocycles. The Kier molecular flexibility index (Phi) is 5.60. The average Bonchev–Trinajstić information content (AvgIpc) is 3.15. The van der Waals surface area contributed by atoms with Crippen molar-refractivity contribution < 1.29 is 23.9 Å². The van der Waals surface area contributed by atoms with Crippen LogP contribution in [0.15, 0.2) is 66.7 Å². The van der Waals surface area contributed by atoms with Gasteiger partial charge in [0.2, 0.25) is 11.8 Å². The maximum atomic E-state index is 13.5. The number of nitrogens with one attached hydrogen (secondary N) is 1. The highest BCUT2D eigenvalue weighted by Gasteiger charge is 2.61. The molecule has 1 heterocycles.